The topological polar surface area (TPSA) is 17.1 Å². The van der Waals surface area contributed by atoms with Gasteiger partial charge < -0.3 is 0 Å². The fraction of sp³-hybridized carbons (Fsp3) is 0.750. The number of hydrogen-bond donors (Lipinski definition) is 0. The summed E-state index contributed by atoms with van der Waals surface area (Å²) in [5, 5.41) is -0.199. The number of rotatable bonds is 3. The van der Waals surface area contributed by atoms with E-state index in [9.17, 15) is 4.79 Å². The van der Waals surface area contributed by atoms with Crippen LogP contribution in [0.15, 0.2) is 12.2 Å². The number of allylic oxidation sites excluding steroid dienone is 1. The highest BCUT2D eigenvalue weighted by atomic mass is 35.5. The maximum Gasteiger partial charge on any atom is 0.221 e. The minimum absolute atomic E-state index is 0.199. The summed E-state index contributed by atoms with van der Waals surface area (Å²) in [5.41, 5.74) is 1.21. The Bertz CT molecular complexity index is 234. The average Bonchev–Trinajstić information content (AvgIpc) is 2.01. The molecule has 1 saturated carbocycles. The van der Waals surface area contributed by atoms with Gasteiger partial charge in [-0.25, -0.2) is 0 Å². The van der Waals surface area contributed by atoms with Gasteiger partial charge in [0.2, 0.25) is 5.24 Å². The second-order valence-corrected chi connectivity index (χ2v) is 5.11. The molecular formula is C12H19ClO. The molecule has 0 amide bonds. The van der Waals surface area contributed by atoms with Crippen LogP contribution in [0, 0.1) is 17.8 Å². The molecule has 0 radical (unpaired) electrons. The number of carbonyl (C=O) groups is 1. The molecule has 0 heterocycles. The van der Waals surface area contributed by atoms with E-state index in [4.69, 9.17) is 11.6 Å². The Labute approximate surface area is 91.5 Å². The highest BCUT2D eigenvalue weighted by Crippen LogP contribution is 2.39. The summed E-state index contributed by atoms with van der Waals surface area (Å²) >= 11 is 5.46. The SMILES string of the molecule is C=C(C)C1CCC(C)CC1CC(=O)Cl. The van der Waals surface area contributed by atoms with E-state index >= 15 is 0 Å². The largest absolute Gasteiger partial charge is 0.281 e. The van der Waals surface area contributed by atoms with Gasteiger partial charge in [-0.1, -0.05) is 25.5 Å². The van der Waals surface area contributed by atoms with Crippen molar-refractivity contribution < 1.29 is 4.79 Å². The van der Waals surface area contributed by atoms with E-state index in [1.807, 2.05) is 0 Å². The van der Waals surface area contributed by atoms with Crippen LogP contribution in [0.5, 0.6) is 0 Å². The van der Waals surface area contributed by atoms with E-state index in [-0.39, 0.29) is 5.24 Å². The molecule has 1 aliphatic carbocycles. The van der Waals surface area contributed by atoms with E-state index in [1.54, 1.807) is 0 Å². The normalized spacial score (nSPS) is 32.6. The summed E-state index contributed by atoms with van der Waals surface area (Å²) < 4.78 is 0. The Balaban J connectivity index is 2.63. The molecule has 0 aromatic carbocycles. The van der Waals surface area contributed by atoms with Gasteiger partial charge in [-0.3, -0.25) is 4.79 Å². The van der Waals surface area contributed by atoms with Crippen molar-refractivity contribution in [2.45, 2.75) is 39.5 Å². The van der Waals surface area contributed by atoms with Gasteiger partial charge in [-0.05, 0) is 49.1 Å². The first-order valence-electron chi connectivity index (χ1n) is 5.34. The van der Waals surface area contributed by atoms with Crippen LogP contribution in [0.25, 0.3) is 0 Å². The lowest BCUT2D eigenvalue weighted by Gasteiger charge is -2.34. The molecule has 0 N–H and O–H groups in total. The third-order valence-electron chi connectivity index (χ3n) is 3.30. The third kappa shape index (κ3) is 3.13. The van der Waals surface area contributed by atoms with Crippen molar-refractivity contribution in [3.8, 4) is 0 Å². The van der Waals surface area contributed by atoms with Crippen LogP contribution in [0.2, 0.25) is 0 Å². The van der Waals surface area contributed by atoms with E-state index in [1.165, 1.54) is 18.4 Å². The van der Waals surface area contributed by atoms with Crippen LogP contribution in [0.1, 0.15) is 39.5 Å². The van der Waals surface area contributed by atoms with Gasteiger partial charge in [-0.2, -0.15) is 0 Å². The summed E-state index contributed by atoms with van der Waals surface area (Å²) in [4.78, 5) is 10.9. The quantitative estimate of drug-likeness (QED) is 0.516. The van der Waals surface area contributed by atoms with Crippen molar-refractivity contribution in [2.24, 2.45) is 17.8 Å². The minimum atomic E-state index is -0.199. The average molecular weight is 215 g/mol. The fourth-order valence-electron chi connectivity index (χ4n) is 2.58. The lowest BCUT2D eigenvalue weighted by Crippen LogP contribution is -2.25. The standard InChI is InChI=1S/C12H19ClO/c1-8(2)11-5-4-9(3)6-10(11)7-12(13)14/h9-11H,1,4-7H2,2-3H3. The van der Waals surface area contributed by atoms with Crippen LogP contribution < -0.4 is 0 Å². The zero-order chi connectivity index (χ0) is 10.7. The molecule has 0 saturated heterocycles. The predicted octanol–water partition coefficient (Wildman–Crippen LogP) is 3.77. The molecule has 3 unspecified atom stereocenters. The zero-order valence-electron chi connectivity index (χ0n) is 9.05. The Morgan fingerprint density at radius 3 is 2.64 bits per heavy atom. The number of carbonyl (C=O) groups excluding carboxylic acids is 1. The summed E-state index contributed by atoms with van der Waals surface area (Å²) in [6.07, 6.45) is 4.06. The molecule has 1 aliphatic rings. The Kier molecular flexibility index (Phi) is 4.18. The predicted molar refractivity (Wildman–Crippen MR) is 60.3 cm³/mol. The van der Waals surface area contributed by atoms with Gasteiger partial charge in [0, 0.05) is 6.42 Å². The monoisotopic (exact) mass is 214 g/mol. The van der Waals surface area contributed by atoms with Crippen molar-refractivity contribution in [2.75, 3.05) is 0 Å². The van der Waals surface area contributed by atoms with Crippen LogP contribution in [-0.4, -0.2) is 5.24 Å². The summed E-state index contributed by atoms with van der Waals surface area (Å²) in [5.74, 6) is 1.67. The smallest absolute Gasteiger partial charge is 0.221 e. The molecule has 14 heavy (non-hydrogen) atoms. The third-order valence-corrected chi connectivity index (χ3v) is 3.45. The van der Waals surface area contributed by atoms with Crippen molar-refractivity contribution in [3.63, 3.8) is 0 Å². The first kappa shape index (κ1) is 11.8. The molecule has 1 rings (SSSR count). The van der Waals surface area contributed by atoms with Crippen LogP contribution in [0.3, 0.4) is 0 Å². The van der Waals surface area contributed by atoms with Gasteiger partial charge in [0.1, 0.15) is 0 Å². The Morgan fingerprint density at radius 1 is 1.50 bits per heavy atom. The van der Waals surface area contributed by atoms with Gasteiger partial charge in [0.05, 0.1) is 0 Å². The van der Waals surface area contributed by atoms with Crippen molar-refractivity contribution >= 4 is 16.8 Å². The first-order chi connectivity index (χ1) is 6.50. The lowest BCUT2D eigenvalue weighted by molar-refractivity contribution is -0.113. The molecule has 0 aromatic heterocycles. The highest BCUT2D eigenvalue weighted by Gasteiger charge is 2.30. The molecule has 0 aliphatic heterocycles. The molecule has 2 heteroatoms. The summed E-state index contributed by atoms with van der Waals surface area (Å²) in [6.45, 7) is 8.32. The van der Waals surface area contributed by atoms with Crippen LogP contribution in [-0.2, 0) is 4.79 Å². The summed E-state index contributed by atoms with van der Waals surface area (Å²) in [6, 6.07) is 0. The van der Waals surface area contributed by atoms with E-state index < -0.39 is 0 Å². The molecule has 1 fully saturated rings. The van der Waals surface area contributed by atoms with E-state index in [0.717, 1.165) is 12.3 Å². The number of hydrogen-bond acceptors (Lipinski definition) is 1. The lowest BCUT2D eigenvalue weighted by atomic mass is 9.71. The van der Waals surface area contributed by atoms with Crippen LogP contribution in [0.4, 0.5) is 0 Å². The van der Waals surface area contributed by atoms with Gasteiger partial charge in [0.25, 0.3) is 0 Å². The molecular weight excluding hydrogens is 196 g/mol. The van der Waals surface area contributed by atoms with Gasteiger partial charge >= 0.3 is 0 Å². The van der Waals surface area contributed by atoms with Crippen molar-refractivity contribution in [1.29, 1.82) is 0 Å². The first-order valence-corrected chi connectivity index (χ1v) is 5.72. The van der Waals surface area contributed by atoms with E-state index in [0.29, 0.717) is 18.3 Å². The zero-order valence-corrected chi connectivity index (χ0v) is 9.81. The van der Waals surface area contributed by atoms with Crippen molar-refractivity contribution in [3.05, 3.63) is 12.2 Å². The Hall–Kier alpha value is -0.300. The molecule has 1 nitrogen and oxygen atoms in total. The van der Waals surface area contributed by atoms with Gasteiger partial charge in [-0.15, -0.1) is 0 Å². The maximum atomic E-state index is 10.9. The van der Waals surface area contributed by atoms with Crippen molar-refractivity contribution in [1.82, 2.24) is 0 Å². The Morgan fingerprint density at radius 2 is 2.14 bits per heavy atom. The van der Waals surface area contributed by atoms with Crippen LogP contribution >= 0.6 is 11.6 Å². The minimum Gasteiger partial charge on any atom is -0.281 e. The molecule has 3 atom stereocenters. The number of halogens is 1. The highest BCUT2D eigenvalue weighted by molar-refractivity contribution is 6.63. The molecule has 80 valence electrons. The maximum absolute atomic E-state index is 10.9. The fourth-order valence-corrected chi connectivity index (χ4v) is 2.78. The van der Waals surface area contributed by atoms with E-state index in [2.05, 4.69) is 20.4 Å². The summed E-state index contributed by atoms with van der Waals surface area (Å²) in [7, 11) is 0. The second-order valence-electron chi connectivity index (χ2n) is 4.69. The van der Waals surface area contributed by atoms with Gasteiger partial charge in [0.15, 0.2) is 0 Å². The molecule has 0 aromatic rings. The molecule has 0 spiro atoms. The molecule has 0 bridgehead atoms. The second kappa shape index (κ2) is 4.97.